The van der Waals surface area contributed by atoms with Gasteiger partial charge < -0.3 is 5.11 Å². The van der Waals surface area contributed by atoms with Crippen molar-refractivity contribution in [2.75, 3.05) is 0 Å². The number of halogens is 3. The van der Waals surface area contributed by atoms with Gasteiger partial charge in [0.15, 0.2) is 0 Å². The third-order valence-corrected chi connectivity index (χ3v) is 1.76. The highest BCUT2D eigenvalue weighted by atomic mass is 35.5. The molecule has 1 heterocycles. The lowest BCUT2D eigenvalue weighted by Crippen LogP contribution is -2.06. The summed E-state index contributed by atoms with van der Waals surface area (Å²) in [5, 5.41) is 16.8. The maximum absolute atomic E-state index is 12.4. The Labute approximate surface area is 87.7 Å². The molecule has 0 radical (unpaired) electrons. The SMILES string of the molecule is N#Cc1c(C(=O)O)cc(Cl)nc1C(F)F. The van der Waals surface area contributed by atoms with Gasteiger partial charge in [-0.1, -0.05) is 11.6 Å². The molecule has 0 aliphatic heterocycles. The molecule has 0 saturated carbocycles. The van der Waals surface area contributed by atoms with Crippen LogP contribution in [0.2, 0.25) is 5.15 Å². The number of carboxylic acid groups (broad SMARTS) is 1. The average molecular weight is 233 g/mol. The van der Waals surface area contributed by atoms with Crippen molar-refractivity contribution in [3.8, 4) is 6.07 Å². The van der Waals surface area contributed by atoms with Gasteiger partial charge in [0.05, 0.1) is 11.1 Å². The minimum Gasteiger partial charge on any atom is -0.478 e. The Morgan fingerprint density at radius 2 is 2.27 bits per heavy atom. The molecule has 1 aromatic rings. The maximum atomic E-state index is 12.4. The van der Waals surface area contributed by atoms with Gasteiger partial charge in [0, 0.05) is 0 Å². The van der Waals surface area contributed by atoms with Crippen molar-refractivity contribution in [1.82, 2.24) is 4.98 Å². The van der Waals surface area contributed by atoms with Crippen LogP contribution >= 0.6 is 11.6 Å². The molecule has 0 aliphatic carbocycles. The minimum absolute atomic E-state index is 0.387. The third kappa shape index (κ3) is 2.19. The number of aromatic nitrogens is 1. The summed E-state index contributed by atoms with van der Waals surface area (Å²) in [5.74, 6) is -1.50. The van der Waals surface area contributed by atoms with Gasteiger partial charge in [-0.25, -0.2) is 18.6 Å². The summed E-state index contributed by atoms with van der Waals surface area (Å²) >= 11 is 5.35. The van der Waals surface area contributed by atoms with Crippen LogP contribution in [0, 0.1) is 11.3 Å². The third-order valence-electron chi connectivity index (χ3n) is 1.57. The van der Waals surface area contributed by atoms with Crippen molar-refractivity contribution >= 4 is 17.6 Å². The number of hydrogen-bond donors (Lipinski definition) is 1. The van der Waals surface area contributed by atoms with E-state index in [9.17, 15) is 13.6 Å². The number of alkyl halides is 2. The van der Waals surface area contributed by atoms with Gasteiger partial charge in [0.1, 0.15) is 16.9 Å². The second-order valence-corrected chi connectivity index (χ2v) is 2.86. The van der Waals surface area contributed by atoms with Gasteiger partial charge in [-0.2, -0.15) is 5.26 Å². The lowest BCUT2D eigenvalue weighted by atomic mass is 10.1. The number of carboxylic acids is 1. The largest absolute Gasteiger partial charge is 0.478 e. The molecular weight excluding hydrogens is 230 g/mol. The first-order valence-corrected chi connectivity index (χ1v) is 3.97. The quantitative estimate of drug-likeness (QED) is 0.794. The number of carbonyl (C=O) groups is 1. The fraction of sp³-hybridized carbons (Fsp3) is 0.125. The van der Waals surface area contributed by atoms with Crippen molar-refractivity contribution in [2.45, 2.75) is 6.43 Å². The van der Waals surface area contributed by atoms with Crippen LogP contribution in [0.1, 0.15) is 28.0 Å². The van der Waals surface area contributed by atoms with Gasteiger partial charge in [-0.3, -0.25) is 0 Å². The molecule has 0 saturated heterocycles. The summed E-state index contributed by atoms with van der Waals surface area (Å²) in [4.78, 5) is 13.8. The predicted molar refractivity (Wildman–Crippen MR) is 45.9 cm³/mol. The van der Waals surface area contributed by atoms with Gasteiger partial charge in [-0.15, -0.1) is 0 Å². The zero-order chi connectivity index (χ0) is 11.6. The second kappa shape index (κ2) is 4.19. The Morgan fingerprint density at radius 1 is 1.67 bits per heavy atom. The molecular formula is C8H3ClF2N2O2. The molecule has 1 aromatic heterocycles. The standard InChI is InChI=1S/C8H3ClF2N2O2/c9-5-1-3(8(14)15)4(2-12)6(13-5)7(10)11/h1,7H,(H,14,15). The topological polar surface area (TPSA) is 74.0 Å². The Bertz CT molecular complexity index is 457. The number of nitrogens with zero attached hydrogens (tertiary/aromatic N) is 2. The summed E-state index contributed by atoms with van der Waals surface area (Å²) < 4.78 is 24.7. The smallest absolute Gasteiger partial charge is 0.337 e. The molecule has 4 nitrogen and oxygen atoms in total. The molecule has 0 atom stereocenters. The molecule has 0 bridgehead atoms. The van der Waals surface area contributed by atoms with E-state index in [1.807, 2.05) is 0 Å². The Kier molecular flexibility index (Phi) is 3.17. The van der Waals surface area contributed by atoms with Gasteiger partial charge in [0.25, 0.3) is 6.43 Å². The molecule has 78 valence electrons. The van der Waals surface area contributed by atoms with Crippen LogP contribution in [0.5, 0.6) is 0 Å². The van der Waals surface area contributed by atoms with Crippen LogP contribution in [0.15, 0.2) is 6.07 Å². The van der Waals surface area contributed by atoms with Crippen molar-refractivity contribution in [1.29, 1.82) is 5.26 Å². The zero-order valence-electron chi connectivity index (χ0n) is 7.04. The molecule has 7 heteroatoms. The van der Waals surface area contributed by atoms with E-state index in [0.717, 1.165) is 6.07 Å². The Balaban J connectivity index is 3.54. The first-order valence-electron chi connectivity index (χ1n) is 3.59. The fourth-order valence-corrected chi connectivity index (χ4v) is 1.18. The number of hydrogen-bond acceptors (Lipinski definition) is 3. The van der Waals surface area contributed by atoms with Gasteiger partial charge >= 0.3 is 5.97 Å². The van der Waals surface area contributed by atoms with Crippen molar-refractivity contribution in [3.05, 3.63) is 28.0 Å². The van der Waals surface area contributed by atoms with Gasteiger partial charge in [-0.05, 0) is 6.07 Å². The summed E-state index contributed by atoms with van der Waals surface area (Å²) in [6.07, 6.45) is -3.04. The van der Waals surface area contributed by atoms with E-state index in [0.29, 0.717) is 0 Å². The highest BCUT2D eigenvalue weighted by Crippen LogP contribution is 2.25. The lowest BCUT2D eigenvalue weighted by molar-refractivity contribution is 0.0695. The van der Waals surface area contributed by atoms with E-state index in [1.54, 1.807) is 0 Å². The van der Waals surface area contributed by atoms with E-state index in [2.05, 4.69) is 4.98 Å². The number of nitriles is 1. The summed E-state index contributed by atoms with van der Waals surface area (Å²) in [5.41, 5.74) is -2.16. The van der Waals surface area contributed by atoms with Crippen molar-refractivity contribution in [2.24, 2.45) is 0 Å². The van der Waals surface area contributed by atoms with Gasteiger partial charge in [0.2, 0.25) is 0 Å². The number of pyridine rings is 1. The van der Waals surface area contributed by atoms with Crippen LogP contribution in [0.3, 0.4) is 0 Å². The van der Waals surface area contributed by atoms with Crippen molar-refractivity contribution in [3.63, 3.8) is 0 Å². The first-order chi connectivity index (χ1) is 6.97. The average Bonchev–Trinajstić information content (AvgIpc) is 2.16. The molecule has 0 aromatic carbocycles. The molecule has 0 amide bonds. The highest BCUT2D eigenvalue weighted by molar-refractivity contribution is 6.29. The van der Waals surface area contributed by atoms with Crippen LogP contribution in [0.25, 0.3) is 0 Å². The fourth-order valence-electron chi connectivity index (χ4n) is 0.977. The van der Waals surface area contributed by atoms with E-state index in [-0.39, 0.29) is 5.15 Å². The van der Waals surface area contributed by atoms with E-state index in [4.69, 9.17) is 22.0 Å². The normalized spacial score (nSPS) is 10.1. The molecule has 1 rings (SSSR count). The van der Waals surface area contributed by atoms with Crippen molar-refractivity contribution < 1.29 is 18.7 Å². The molecule has 0 spiro atoms. The predicted octanol–water partition coefficient (Wildman–Crippen LogP) is 2.24. The molecule has 0 unspecified atom stereocenters. The van der Waals surface area contributed by atoms with E-state index < -0.39 is 29.2 Å². The molecule has 1 N–H and O–H groups in total. The second-order valence-electron chi connectivity index (χ2n) is 2.47. The Hall–Kier alpha value is -1.74. The van der Waals surface area contributed by atoms with Crippen LogP contribution in [0.4, 0.5) is 8.78 Å². The summed E-state index contributed by atoms with van der Waals surface area (Å²) in [6, 6.07) is 2.23. The molecule has 0 fully saturated rings. The Morgan fingerprint density at radius 3 is 2.67 bits per heavy atom. The minimum atomic E-state index is -3.04. The maximum Gasteiger partial charge on any atom is 0.337 e. The van der Waals surface area contributed by atoms with E-state index >= 15 is 0 Å². The summed E-state index contributed by atoms with van der Waals surface area (Å²) in [6.45, 7) is 0. The molecule has 15 heavy (non-hydrogen) atoms. The zero-order valence-corrected chi connectivity index (χ0v) is 7.79. The number of rotatable bonds is 2. The lowest BCUT2D eigenvalue weighted by Gasteiger charge is -2.05. The summed E-state index contributed by atoms with van der Waals surface area (Å²) in [7, 11) is 0. The monoisotopic (exact) mass is 232 g/mol. The van der Waals surface area contributed by atoms with Crippen LogP contribution in [-0.2, 0) is 0 Å². The van der Waals surface area contributed by atoms with Crippen LogP contribution < -0.4 is 0 Å². The number of aromatic carboxylic acids is 1. The van der Waals surface area contributed by atoms with E-state index in [1.165, 1.54) is 6.07 Å². The highest BCUT2D eigenvalue weighted by Gasteiger charge is 2.22. The molecule has 0 aliphatic rings. The first kappa shape index (κ1) is 11.3. The van der Waals surface area contributed by atoms with Crippen LogP contribution in [-0.4, -0.2) is 16.1 Å².